The molecule has 1 atom stereocenters. The largest absolute Gasteiger partial charge is 0.379 e. The number of halogens is 1. The van der Waals surface area contributed by atoms with Crippen molar-refractivity contribution < 1.29 is 4.74 Å². The Balaban J connectivity index is 0.00000529. The molecule has 0 spiro atoms. The summed E-state index contributed by atoms with van der Waals surface area (Å²) in [5.41, 5.74) is 0. The molecule has 0 aliphatic carbocycles. The molecule has 7 heteroatoms. The molecule has 1 heterocycles. The topological polar surface area (TPSA) is 48.9 Å². The zero-order valence-electron chi connectivity index (χ0n) is 15.8. The molecule has 5 nitrogen and oxygen atoms in total. The second-order valence-electron chi connectivity index (χ2n) is 6.02. The van der Waals surface area contributed by atoms with Gasteiger partial charge in [0.2, 0.25) is 0 Å². The minimum absolute atomic E-state index is 0. The van der Waals surface area contributed by atoms with Crippen molar-refractivity contribution in [3.63, 3.8) is 0 Å². The van der Waals surface area contributed by atoms with Crippen LogP contribution in [0.2, 0.25) is 0 Å². The van der Waals surface area contributed by atoms with Crippen molar-refractivity contribution in [3.05, 3.63) is 0 Å². The molecule has 0 amide bonds. The Morgan fingerprint density at radius 3 is 2.42 bits per heavy atom. The Bertz CT molecular complexity index is 324. The maximum Gasteiger partial charge on any atom is 0.191 e. The Morgan fingerprint density at radius 2 is 1.88 bits per heavy atom. The summed E-state index contributed by atoms with van der Waals surface area (Å²) < 4.78 is 5.52. The van der Waals surface area contributed by atoms with Crippen molar-refractivity contribution in [2.75, 3.05) is 58.4 Å². The van der Waals surface area contributed by atoms with Gasteiger partial charge >= 0.3 is 0 Å². The zero-order chi connectivity index (χ0) is 16.9. The lowest BCUT2D eigenvalue weighted by Gasteiger charge is -2.39. The first-order chi connectivity index (χ1) is 11.3. The van der Waals surface area contributed by atoms with Gasteiger partial charge in [-0.25, -0.2) is 0 Å². The zero-order valence-corrected chi connectivity index (χ0v) is 19.0. The molecule has 0 aromatic rings. The fraction of sp³-hybridized carbons (Fsp3) is 0.941. The normalized spacial score (nSPS) is 17.5. The van der Waals surface area contributed by atoms with E-state index in [0.717, 1.165) is 51.3 Å². The average molecular weight is 472 g/mol. The summed E-state index contributed by atoms with van der Waals surface area (Å²) in [4.78, 5) is 6.95. The monoisotopic (exact) mass is 472 g/mol. The first-order valence-corrected chi connectivity index (χ1v) is 10.4. The van der Waals surface area contributed by atoms with Crippen LogP contribution >= 0.6 is 35.7 Å². The van der Waals surface area contributed by atoms with E-state index in [4.69, 9.17) is 4.74 Å². The number of nitrogens with one attached hydrogen (secondary N) is 2. The van der Waals surface area contributed by atoms with E-state index in [0.29, 0.717) is 6.04 Å². The maximum absolute atomic E-state index is 5.52. The minimum atomic E-state index is 0. The fourth-order valence-electron chi connectivity index (χ4n) is 3.18. The third kappa shape index (κ3) is 9.10. The number of rotatable bonds is 10. The van der Waals surface area contributed by atoms with Crippen molar-refractivity contribution in [2.45, 2.75) is 39.2 Å². The molecule has 144 valence electrons. The lowest BCUT2D eigenvalue weighted by atomic mass is 9.92. The highest BCUT2D eigenvalue weighted by Gasteiger charge is 2.26. The number of thioether (sulfide) groups is 1. The molecule has 0 bridgehead atoms. The van der Waals surface area contributed by atoms with E-state index in [9.17, 15) is 0 Å². The summed E-state index contributed by atoms with van der Waals surface area (Å²) in [6.45, 7) is 10.3. The second kappa shape index (κ2) is 15.5. The van der Waals surface area contributed by atoms with Crippen LogP contribution in [-0.2, 0) is 4.74 Å². The molecule has 1 unspecified atom stereocenters. The highest BCUT2D eigenvalue weighted by Crippen LogP contribution is 2.19. The van der Waals surface area contributed by atoms with Crippen molar-refractivity contribution in [3.8, 4) is 0 Å². The van der Waals surface area contributed by atoms with Gasteiger partial charge in [0.15, 0.2) is 5.96 Å². The van der Waals surface area contributed by atoms with Crippen LogP contribution in [0.3, 0.4) is 0 Å². The van der Waals surface area contributed by atoms with Crippen LogP contribution < -0.4 is 10.6 Å². The lowest BCUT2D eigenvalue weighted by molar-refractivity contribution is 0.00272. The molecule has 1 aliphatic rings. The molecule has 1 fully saturated rings. The van der Waals surface area contributed by atoms with Gasteiger partial charge in [-0.05, 0) is 24.3 Å². The molecule has 0 saturated carbocycles. The SMILES string of the molecule is CCC(CC)C(CNC(=NC)NCCCSC)N1CCOCC1.I. The predicted octanol–water partition coefficient (Wildman–Crippen LogP) is 2.66. The van der Waals surface area contributed by atoms with Crippen molar-refractivity contribution in [1.29, 1.82) is 0 Å². The number of ether oxygens (including phenoxy) is 1. The highest BCUT2D eigenvalue weighted by atomic mass is 127. The Kier molecular flexibility index (Phi) is 15.7. The molecular formula is C17H37IN4OS. The van der Waals surface area contributed by atoms with Crippen LogP contribution in [0.25, 0.3) is 0 Å². The molecule has 2 N–H and O–H groups in total. The van der Waals surface area contributed by atoms with Crippen molar-refractivity contribution in [1.82, 2.24) is 15.5 Å². The van der Waals surface area contributed by atoms with E-state index in [-0.39, 0.29) is 24.0 Å². The number of aliphatic imine (C=N–C) groups is 1. The van der Waals surface area contributed by atoms with Gasteiger partial charge in [-0.3, -0.25) is 9.89 Å². The number of guanidine groups is 1. The predicted molar refractivity (Wildman–Crippen MR) is 118 cm³/mol. The summed E-state index contributed by atoms with van der Waals surface area (Å²) in [7, 11) is 1.85. The summed E-state index contributed by atoms with van der Waals surface area (Å²) in [5, 5.41) is 6.96. The van der Waals surface area contributed by atoms with Gasteiger partial charge < -0.3 is 15.4 Å². The van der Waals surface area contributed by atoms with Crippen LogP contribution in [0.4, 0.5) is 0 Å². The maximum atomic E-state index is 5.52. The third-order valence-electron chi connectivity index (χ3n) is 4.63. The standard InChI is InChI=1S/C17H36N4OS.HI/c1-5-15(6-2)16(21-9-11-22-12-10-21)14-20-17(18-3)19-8-7-13-23-4;/h15-16H,5-14H2,1-4H3,(H2,18,19,20);1H. The number of hydrogen-bond acceptors (Lipinski definition) is 4. The van der Waals surface area contributed by atoms with Gasteiger partial charge in [-0.1, -0.05) is 26.7 Å². The fourth-order valence-corrected chi connectivity index (χ4v) is 3.61. The Labute approximate surface area is 170 Å². The van der Waals surface area contributed by atoms with E-state index in [2.05, 4.69) is 40.6 Å². The van der Waals surface area contributed by atoms with E-state index < -0.39 is 0 Å². The van der Waals surface area contributed by atoms with Gasteiger partial charge in [-0.2, -0.15) is 11.8 Å². The van der Waals surface area contributed by atoms with Crippen LogP contribution in [0.15, 0.2) is 4.99 Å². The quantitative estimate of drug-likeness (QED) is 0.222. The van der Waals surface area contributed by atoms with Crippen molar-refractivity contribution in [2.24, 2.45) is 10.9 Å². The number of hydrogen-bond donors (Lipinski definition) is 2. The smallest absolute Gasteiger partial charge is 0.191 e. The van der Waals surface area contributed by atoms with E-state index in [1.54, 1.807) is 0 Å². The van der Waals surface area contributed by atoms with Gasteiger partial charge in [0.1, 0.15) is 0 Å². The van der Waals surface area contributed by atoms with Gasteiger partial charge in [-0.15, -0.1) is 24.0 Å². The Hall–Kier alpha value is 0.270. The van der Waals surface area contributed by atoms with E-state index in [1.165, 1.54) is 25.0 Å². The first-order valence-electron chi connectivity index (χ1n) is 9.02. The number of morpholine rings is 1. The van der Waals surface area contributed by atoms with E-state index in [1.807, 2.05) is 18.8 Å². The highest BCUT2D eigenvalue weighted by molar-refractivity contribution is 14.0. The van der Waals surface area contributed by atoms with Gasteiger partial charge in [0, 0.05) is 39.3 Å². The van der Waals surface area contributed by atoms with Crippen LogP contribution in [0, 0.1) is 5.92 Å². The lowest BCUT2D eigenvalue weighted by Crippen LogP contribution is -2.53. The molecule has 0 radical (unpaired) electrons. The van der Waals surface area contributed by atoms with Gasteiger partial charge in [0.25, 0.3) is 0 Å². The molecular weight excluding hydrogens is 435 g/mol. The molecule has 1 rings (SSSR count). The average Bonchev–Trinajstić information content (AvgIpc) is 2.61. The van der Waals surface area contributed by atoms with Crippen LogP contribution in [0.5, 0.6) is 0 Å². The summed E-state index contributed by atoms with van der Waals surface area (Å²) in [6.07, 6.45) is 5.76. The van der Waals surface area contributed by atoms with Gasteiger partial charge in [0.05, 0.1) is 13.2 Å². The summed E-state index contributed by atoms with van der Waals surface area (Å²) in [5.74, 6) is 2.83. The molecule has 0 aromatic heterocycles. The molecule has 0 aromatic carbocycles. The van der Waals surface area contributed by atoms with E-state index >= 15 is 0 Å². The van der Waals surface area contributed by atoms with Crippen molar-refractivity contribution >= 4 is 41.7 Å². The third-order valence-corrected chi connectivity index (χ3v) is 5.32. The molecule has 1 aliphatic heterocycles. The van der Waals surface area contributed by atoms with Crippen LogP contribution in [-0.4, -0.2) is 75.4 Å². The molecule has 1 saturated heterocycles. The molecule has 24 heavy (non-hydrogen) atoms. The first kappa shape index (κ1) is 24.3. The summed E-state index contributed by atoms with van der Waals surface area (Å²) in [6, 6.07) is 0.554. The number of nitrogens with zero attached hydrogens (tertiary/aromatic N) is 2. The summed E-state index contributed by atoms with van der Waals surface area (Å²) >= 11 is 1.89. The second-order valence-corrected chi connectivity index (χ2v) is 7.00. The van der Waals surface area contributed by atoms with Crippen LogP contribution in [0.1, 0.15) is 33.1 Å². The Morgan fingerprint density at radius 1 is 1.21 bits per heavy atom. The minimum Gasteiger partial charge on any atom is -0.379 e.